The Morgan fingerprint density at radius 3 is 2.52 bits per heavy atom. The second-order valence-electron chi connectivity index (χ2n) is 5.99. The van der Waals surface area contributed by atoms with Gasteiger partial charge in [-0.05, 0) is 25.7 Å². The first-order chi connectivity index (χ1) is 10.2. The van der Waals surface area contributed by atoms with Gasteiger partial charge in [-0.25, -0.2) is 0 Å². The number of piperidine rings is 1. The summed E-state index contributed by atoms with van der Waals surface area (Å²) in [5.74, 6) is 0.322. The Balaban J connectivity index is 2.26. The molecular formula is C16H31N3O2. The van der Waals surface area contributed by atoms with E-state index in [1.54, 1.807) is 4.90 Å². The van der Waals surface area contributed by atoms with Gasteiger partial charge < -0.3 is 15.8 Å². The zero-order chi connectivity index (χ0) is 15.5. The molecule has 1 unspecified atom stereocenters. The minimum absolute atomic E-state index is 0.153. The number of unbranched alkanes of at least 4 members (excludes halogenated alkanes) is 6. The summed E-state index contributed by atoms with van der Waals surface area (Å²) < 4.78 is 0. The van der Waals surface area contributed by atoms with Crippen LogP contribution in [0.2, 0.25) is 0 Å². The van der Waals surface area contributed by atoms with E-state index in [1.807, 2.05) is 0 Å². The van der Waals surface area contributed by atoms with Crippen LogP contribution in [-0.2, 0) is 4.79 Å². The van der Waals surface area contributed by atoms with Crippen molar-refractivity contribution >= 4 is 11.7 Å². The Kier molecular flexibility index (Phi) is 8.87. The Labute approximate surface area is 128 Å². The van der Waals surface area contributed by atoms with Crippen LogP contribution in [0.15, 0.2) is 5.16 Å². The summed E-state index contributed by atoms with van der Waals surface area (Å²) in [6, 6.07) is -0.208. The number of amides is 1. The van der Waals surface area contributed by atoms with E-state index >= 15 is 0 Å². The molecule has 0 aromatic heterocycles. The highest BCUT2D eigenvalue weighted by molar-refractivity contribution is 5.90. The highest BCUT2D eigenvalue weighted by Crippen LogP contribution is 2.19. The standard InChI is InChI=1S/C16H31N3O2/c1-2-3-4-5-6-7-8-12-15(20)19-13-10-9-11-14(19)16(17)18-21/h14,21H,2-13H2,1H3,(H2,17,18). The third-order valence-electron chi connectivity index (χ3n) is 4.27. The van der Waals surface area contributed by atoms with Crippen molar-refractivity contribution in [2.45, 2.75) is 83.6 Å². The maximum atomic E-state index is 12.3. The molecule has 1 aliphatic heterocycles. The van der Waals surface area contributed by atoms with Gasteiger partial charge in [0, 0.05) is 13.0 Å². The van der Waals surface area contributed by atoms with Crippen molar-refractivity contribution in [2.24, 2.45) is 10.9 Å². The number of rotatable bonds is 9. The van der Waals surface area contributed by atoms with Gasteiger partial charge in [-0.15, -0.1) is 0 Å². The molecular weight excluding hydrogens is 266 g/mol. The van der Waals surface area contributed by atoms with E-state index in [2.05, 4.69) is 12.1 Å². The van der Waals surface area contributed by atoms with Crippen molar-refractivity contribution in [2.75, 3.05) is 6.54 Å². The number of hydrogen-bond donors (Lipinski definition) is 2. The summed E-state index contributed by atoms with van der Waals surface area (Å²) in [6.07, 6.45) is 11.9. The maximum absolute atomic E-state index is 12.3. The lowest BCUT2D eigenvalue weighted by Gasteiger charge is -2.34. The van der Waals surface area contributed by atoms with Crippen LogP contribution in [0.25, 0.3) is 0 Å². The Hall–Kier alpha value is -1.26. The summed E-state index contributed by atoms with van der Waals surface area (Å²) in [4.78, 5) is 14.1. The number of nitrogens with zero attached hydrogens (tertiary/aromatic N) is 2. The molecule has 122 valence electrons. The number of likely N-dealkylation sites (tertiary alicyclic amines) is 1. The third-order valence-corrected chi connectivity index (χ3v) is 4.27. The molecule has 1 atom stereocenters. The molecule has 3 N–H and O–H groups in total. The van der Waals surface area contributed by atoms with Crippen LogP contribution in [0.4, 0.5) is 0 Å². The van der Waals surface area contributed by atoms with Crippen LogP contribution in [-0.4, -0.2) is 34.4 Å². The van der Waals surface area contributed by atoms with Crippen molar-refractivity contribution in [3.63, 3.8) is 0 Å². The van der Waals surface area contributed by atoms with E-state index in [4.69, 9.17) is 10.9 Å². The average molecular weight is 297 g/mol. The molecule has 5 heteroatoms. The number of amidine groups is 1. The van der Waals surface area contributed by atoms with E-state index < -0.39 is 0 Å². The molecule has 0 saturated carbocycles. The monoisotopic (exact) mass is 297 g/mol. The van der Waals surface area contributed by atoms with E-state index in [9.17, 15) is 4.79 Å². The van der Waals surface area contributed by atoms with Crippen LogP contribution in [0.1, 0.15) is 77.6 Å². The third kappa shape index (κ3) is 6.36. The first-order valence-electron chi connectivity index (χ1n) is 8.47. The number of carbonyl (C=O) groups is 1. The molecule has 0 bridgehead atoms. The van der Waals surface area contributed by atoms with Gasteiger partial charge in [0.15, 0.2) is 5.84 Å². The minimum Gasteiger partial charge on any atom is -0.409 e. The molecule has 1 heterocycles. The van der Waals surface area contributed by atoms with Crippen molar-refractivity contribution < 1.29 is 10.0 Å². The van der Waals surface area contributed by atoms with Crippen LogP contribution >= 0.6 is 0 Å². The molecule has 0 radical (unpaired) electrons. The van der Waals surface area contributed by atoms with Crippen LogP contribution < -0.4 is 5.73 Å². The highest BCUT2D eigenvalue weighted by atomic mass is 16.4. The number of nitrogens with two attached hydrogens (primary N) is 1. The molecule has 1 aliphatic rings. The molecule has 0 aliphatic carbocycles. The molecule has 21 heavy (non-hydrogen) atoms. The van der Waals surface area contributed by atoms with Crippen molar-refractivity contribution in [3.8, 4) is 0 Å². The van der Waals surface area contributed by atoms with E-state index in [0.717, 1.165) is 38.6 Å². The second kappa shape index (κ2) is 10.5. The van der Waals surface area contributed by atoms with Crippen molar-refractivity contribution in [1.82, 2.24) is 4.90 Å². The van der Waals surface area contributed by atoms with Crippen LogP contribution in [0.3, 0.4) is 0 Å². The second-order valence-corrected chi connectivity index (χ2v) is 5.99. The number of hydrogen-bond acceptors (Lipinski definition) is 3. The molecule has 5 nitrogen and oxygen atoms in total. The van der Waals surface area contributed by atoms with E-state index in [-0.39, 0.29) is 17.8 Å². The zero-order valence-electron chi connectivity index (χ0n) is 13.4. The molecule has 1 rings (SSSR count). The van der Waals surface area contributed by atoms with E-state index in [1.165, 1.54) is 32.1 Å². The number of oxime groups is 1. The van der Waals surface area contributed by atoms with Gasteiger partial charge in [0.1, 0.15) is 0 Å². The van der Waals surface area contributed by atoms with Gasteiger partial charge >= 0.3 is 0 Å². The summed E-state index contributed by atoms with van der Waals surface area (Å²) in [7, 11) is 0. The average Bonchev–Trinajstić information content (AvgIpc) is 2.53. The Bertz CT molecular complexity index is 331. The summed E-state index contributed by atoms with van der Waals surface area (Å²) in [5.41, 5.74) is 5.70. The predicted octanol–water partition coefficient (Wildman–Crippen LogP) is 3.25. The predicted molar refractivity (Wildman–Crippen MR) is 85.4 cm³/mol. The van der Waals surface area contributed by atoms with Crippen LogP contribution in [0, 0.1) is 0 Å². The lowest BCUT2D eigenvalue weighted by Crippen LogP contribution is -2.50. The number of carbonyl (C=O) groups excluding carboxylic acids is 1. The minimum atomic E-state index is -0.208. The lowest BCUT2D eigenvalue weighted by molar-refractivity contribution is -0.133. The topological polar surface area (TPSA) is 78.9 Å². The highest BCUT2D eigenvalue weighted by Gasteiger charge is 2.29. The SMILES string of the molecule is CCCCCCCCCC(=O)N1CCCCC1C(N)=NO. The normalized spacial score (nSPS) is 19.8. The Morgan fingerprint density at radius 2 is 1.86 bits per heavy atom. The summed E-state index contributed by atoms with van der Waals surface area (Å²) in [5, 5.41) is 11.9. The fourth-order valence-corrected chi connectivity index (χ4v) is 2.98. The molecule has 0 aromatic carbocycles. The summed E-state index contributed by atoms with van der Waals surface area (Å²) >= 11 is 0. The van der Waals surface area contributed by atoms with Gasteiger partial charge in [-0.2, -0.15) is 0 Å². The first-order valence-corrected chi connectivity index (χ1v) is 8.47. The van der Waals surface area contributed by atoms with Gasteiger partial charge in [-0.3, -0.25) is 4.79 Å². The van der Waals surface area contributed by atoms with Crippen molar-refractivity contribution in [3.05, 3.63) is 0 Å². The molecule has 1 amide bonds. The van der Waals surface area contributed by atoms with Crippen molar-refractivity contribution in [1.29, 1.82) is 0 Å². The fraction of sp³-hybridized carbons (Fsp3) is 0.875. The smallest absolute Gasteiger partial charge is 0.223 e. The largest absolute Gasteiger partial charge is 0.409 e. The maximum Gasteiger partial charge on any atom is 0.223 e. The molecule has 1 saturated heterocycles. The molecule has 1 fully saturated rings. The molecule has 0 aromatic rings. The quantitative estimate of drug-likeness (QED) is 0.225. The van der Waals surface area contributed by atoms with Gasteiger partial charge in [0.25, 0.3) is 0 Å². The van der Waals surface area contributed by atoms with Gasteiger partial charge in [0.2, 0.25) is 5.91 Å². The first kappa shape index (κ1) is 17.8. The van der Waals surface area contributed by atoms with Gasteiger partial charge in [0.05, 0.1) is 6.04 Å². The summed E-state index contributed by atoms with van der Waals surface area (Å²) in [6.45, 7) is 2.95. The fourth-order valence-electron chi connectivity index (χ4n) is 2.98. The van der Waals surface area contributed by atoms with Crippen LogP contribution in [0.5, 0.6) is 0 Å². The Morgan fingerprint density at radius 1 is 1.19 bits per heavy atom. The zero-order valence-corrected chi connectivity index (χ0v) is 13.4. The lowest BCUT2D eigenvalue weighted by atomic mass is 10.00. The molecule has 0 spiro atoms. The van der Waals surface area contributed by atoms with Gasteiger partial charge in [-0.1, -0.05) is 50.6 Å². The van der Waals surface area contributed by atoms with E-state index in [0.29, 0.717) is 6.42 Å².